The van der Waals surface area contributed by atoms with Gasteiger partial charge in [-0.3, -0.25) is 0 Å². The number of halogens is 1. The Bertz CT molecular complexity index is 429. The van der Waals surface area contributed by atoms with Crippen LogP contribution in [-0.2, 0) is 6.42 Å². The molecule has 1 aliphatic rings. The standard InChI is InChI=1S/C17H27FN2/c1-3-10-20(12-13-8-9-13)17-7-5-6-16(18)15(17)11-14(19)4-2/h5-7,13-14H,3-4,8-12,19H2,1-2H3. The molecule has 0 radical (unpaired) electrons. The van der Waals surface area contributed by atoms with Crippen LogP contribution in [0.15, 0.2) is 18.2 Å². The molecule has 0 amide bonds. The molecule has 0 spiro atoms. The molecule has 20 heavy (non-hydrogen) atoms. The summed E-state index contributed by atoms with van der Waals surface area (Å²) in [5.74, 6) is 0.695. The van der Waals surface area contributed by atoms with Gasteiger partial charge in [0.05, 0.1) is 0 Å². The zero-order chi connectivity index (χ0) is 14.5. The third-order valence-electron chi connectivity index (χ3n) is 4.09. The van der Waals surface area contributed by atoms with Crippen LogP contribution < -0.4 is 10.6 Å². The first-order chi connectivity index (χ1) is 9.65. The maximum Gasteiger partial charge on any atom is 0.128 e. The molecule has 3 heteroatoms. The van der Waals surface area contributed by atoms with Crippen LogP contribution in [0.5, 0.6) is 0 Å². The molecule has 2 rings (SSSR count). The third-order valence-corrected chi connectivity index (χ3v) is 4.09. The van der Waals surface area contributed by atoms with Crippen molar-refractivity contribution in [1.29, 1.82) is 0 Å². The summed E-state index contributed by atoms with van der Waals surface area (Å²) < 4.78 is 14.2. The van der Waals surface area contributed by atoms with Crippen molar-refractivity contribution in [2.24, 2.45) is 11.7 Å². The summed E-state index contributed by atoms with van der Waals surface area (Å²) in [5.41, 5.74) is 7.91. The maximum absolute atomic E-state index is 14.2. The fraction of sp³-hybridized carbons (Fsp3) is 0.647. The zero-order valence-corrected chi connectivity index (χ0v) is 12.7. The summed E-state index contributed by atoms with van der Waals surface area (Å²) in [7, 11) is 0. The molecule has 0 heterocycles. The summed E-state index contributed by atoms with van der Waals surface area (Å²) in [6, 6.07) is 5.47. The van der Waals surface area contributed by atoms with Crippen LogP contribution in [0.4, 0.5) is 10.1 Å². The summed E-state index contributed by atoms with van der Waals surface area (Å²) in [5, 5.41) is 0. The van der Waals surface area contributed by atoms with E-state index in [2.05, 4.69) is 24.8 Å². The molecule has 1 aromatic carbocycles. The molecule has 0 aliphatic heterocycles. The van der Waals surface area contributed by atoms with Gasteiger partial charge in [0.15, 0.2) is 0 Å². The molecule has 1 unspecified atom stereocenters. The van der Waals surface area contributed by atoms with Gasteiger partial charge in [-0.1, -0.05) is 19.9 Å². The third kappa shape index (κ3) is 3.95. The second-order valence-electron chi connectivity index (χ2n) is 6.00. The van der Waals surface area contributed by atoms with E-state index in [0.29, 0.717) is 6.42 Å². The summed E-state index contributed by atoms with van der Waals surface area (Å²) in [6.45, 7) is 6.29. The van der Waals surface area contributed by atoms with Gasteiger partial charge in [-0.15, -0.1) is 0 Å². The quantitative estimate of drug-likeness (QED) is 0.785. The van der Waals surface area contributed by atoms with Gasteiger partial charge in [0.1, 0.15) is 5.82 Å². The van der Waals surface area contributed by atoms with Crippen molar-refractivity contribution in [3.63, 3.8) is 0 Å². The first-order valence-corrected chi connectivity index (χ1v) is 7.93. The topological polar surface area (TPSA) is 29.3 Å². The SMILES string of the molecule is CCCN(CC1CC1)c1cccc(F)c1CC(N)CC. The molecule has 1 aliphatic carbocycles. The number of benzene rings is 1. The number of hydrogen-bond donors (Lipinski definition) is 1. The van der Waals surface area contributed by atoms with Gasteiger partial charge in [0, 0.05) is 30.4 Å². The van der Waals surface area contributed by atoms with Gasteiger partial charge in [-0.25, -0.2) is 4.39 Å². The van der Waals surface area contributed by atoms with E-state index in [4.69, 9.17) is 5.73 Å². The molecule has 1 fully saturated rings. The molecular weight excluding hydrogens is 251 g/mol. The Morgan fingerprint density at radius 3 is 2.70 bits per heavy atom. The average molecular weight is 278 g/mol. The molecule has 2 N–H and O–H groups in total. The fourth-order valence-corrected chi connectivity index (χ4v) is 2.64. The van der Waals surface area contributed by atoms with Crippen LogP contribution in [0.3, 0.4) is 0 Å². The highest BCUT2D eigenvalue weighted by molar-refractivity contribution is 5.54. The lowest BCUT2D eigenvalue weighted by Gasteiger charge is -2.28. The number of rotatable bonds is 8. The van der Waals surface area contributed by atoms with E-state index >= 15 is 0 Å². The predicted molar refractivity (Wildman–Crippen MR) is 83.6 cm³/mol. The minimum atomic E-state index is -0.108. The van der Waals surface area contributed by atoms with E-state index in [1.165, 1.54) is 12.8 Å². The van der Waals surface area contributed by atoms with E-state index in [1.807, 2.05) is 6.07 Å². The maximum atomic E-state index is 14.2. The van der Waals surface area contributed by atoms with Crippen molar-refractivity contribution in [1.82, 2.24) is 0 Å². The Morgan fingerprint density at radius 1 is 1.35 bits per heavy atom. The first-order valence-electron chi connectivity index (χ1n) is 7.93. The van der Waals surface area contributed by atoms with E-state index in [9.17, 15) is 4.39 Å². The molecule has 0 aromatic heterocycles. The highest BCUT2D eigenvalue weighted by Gasteiger charge is 2.25. The van der Waals surface area contributed by atoms with Crippen LogP contribution in [0.1, 0.15) is 45.1 Å². The Hall–Kier alpha value is -1.09. The normalized spacial score (nSPS) is 16.2. The summed E-state index contributed by atoms with van der Waals surface area (Å²) >= 11 is 0. The van der Waals surface area contributed by atoms with Gasteiger partial charge < -0.3 is 10.6 Å². The predicted octanol–water partition coefficient (Wildman–Crippen LogP) is 3.73. The van der Waals surface area contributed by atoms with E-state index in [-0.39, 0.29) is 11.9 Å². The molecule has 1 atom stereocenters. The number of nitrogens with zero attached hydrogens (tertiary/aromatic N) is 1. The highest BCUT2D eigenvalue weighted by atomic mass is 19.1. The fourth-order valence-electron chi connectivity index (χ4n) is 2.64. The van der Waals surface area contributed by atoms with Gasteiger partial charge in [-0.05, 0) is 50.2 Å². The lowest BCUT2D eigenvalue weighted by Crippen LogP contribution is -2.30. The van der Waals surface area contributed by atoms with E-state index in [1.54, 1.807) is 6.07 Å². The van der Waals surface area contributed by atoms with E-state index < -0.39 is 0 Å². The Morgan fingerprint density at radius 2 is 2.10 bits per heavy atom. The van der Waals surface area contributed by atoms with Gasteiger partial charge >= 0.3 is 0 Å². The second-order valence-corrected chi connectivity index (χ2v) is 6.00. The molecule has 0 saturated heterocycles. The lowest BCUT2D eigenvalue weighted by molar-refractivity contribution is 0.575. The number of hydrogen-bond acceptors (Lipinski definition) is 2. The van der Waals surface area contributed by atoms with Crippen molar-refractivity contribution in [3.05, 3.63) is 29.6 Å². The lowest BCUT2D eigenvalue weighted by atomic mass is 10.0. The first kappa shape index (κ1) is 15.3. The molecule has 0 bridgehead atoms. The zero-order valence-electron chi connectivity index (χ0n) is 12.7. The van der Waals surface area contributed by atoms with Gasteiger partial charge in [-0.2, -0.15) is 0 Å². The minimum absolute atomic E-state index is 0.0371. The van der Waals surface area contributed by atoms with Crippen LogP contribution in [0.2, 0.25) is 0 Å². The van der Waals surface area contributed by atoms with Gasteiger partial charge in [0.25, 0.3) is 0 Å². The van der Waals surface area contributed by atoms with Crippen molar-refractivity contribution in [2.45, 2.75) is 52.0 Å². The molecule has 112 valence electrons. The second kappa shape index (κ2) is 7.07. The molecular formula is C17H27FN2. The van der Waals surface area contributed by atoms with Crippen molar-refractivity contribution in [2.75, 3.05) is 18.0 Å². The Labute approximate surface area is 122 Å². The largest absolute Gasteiger partial charge is 0.371 e. The monoisotopic (exact) mass is 278 g/mol. The Kier molecular flexibility index (Phi) is 5.41. The van der Waals surface area contributed by atoms with Crippen LogP contribution >= 0.6 is 0 Å². The van der Waals surface area contributed by atoms with Crippen LogP contribution in [-0.4, -0.2) is 19.1 Å². The van der Waals surface area contributed by atoms with Crippen LogP contribution in [0.25, 0.3) is 0 Å². The smallest absolute Gasteiger partial charge is 0.128 e. The molecule has 1 saturated carbocycles. The van der Waals surface area contributed by atoms with Crippen LogP contribution in [0, 0.1) is 11.7 Å². The van der Waals surface area contributed by atoms with E-state index in [0.717, 1.165) is 43.1 Å². The molecule has 1 aromatic rings. The highest BCUT2D eigenvalue weighted by Crippen LogP contribution is 2.33. The minimum Gasteiger partial charge on any atom is -0.371 e. The molecule has 2 nitrogen and oxygen atoms in total. The van der Waals surface area contributed by atoms with Crippen molar-refractivity contribution < 1.29 is 4.39 Å². The summed E-state index contributed by atoms with van der Waals surface area (Å²) in [4.78, 5) is 2.36. The number of anilines is 1. The van der Waals surface area contributed by atoms with Gasteiger partial charge in [0.2, 0.25) is 0 Å². The Balaban J connectivity index is 2.24. The number of nitrogens with two attached hydrogens (primary N) is 1. The van der Waals surface area contributed by atoms with Crippen molar-refractivity contribution in [3.8, 4) is 0 Å². The average Bonchev–Trinajstić information content (AvgIpc) is 3.24. The van der Waals surface area contributed by atoms with Crippen molar-refractivity contribution >= 4 is 5.69 Å². The summed E-state index contributed by atoms with van der Waals surface area (Å²) in [6.07, 6.45) is 5.23.